The standard InChI is InChI=1S/C28H36N16/c1-43-11-19(35-15-43)7-9-29-27-39-23-21(31-13-33-23)25(41-27)37-17-3-5-18(6-4-17)38-26-22-24(34-14-32-22)40-28(42-26)30-10-8-20-12-44(2)16-36-20/h11-18H,3-10H2,1-2H3,(H3,29,31,33,37,39,41)(H3,30,32,34,38,40,42)/p+1. The molecule has 7 rings (SSSR count). The van der Waals surface area contributed by atoms with Gasteiger partial charge in [-0.05, 0) is 25.7 Å². The number of H-pyrrole nitrogens is 3. The lowest BCUT2D eigenvalue weighted by molar-refractivity contribution is -0.347. The zero-order valence-corrected chi connectivity index (χ0v) is 24.8. The van der Waals surface area contributed by atoms with Crippen LogP contribution in [-0.2, 0) is 26.9 Å². The van der Waals surface area contributed by atoms with Gasteiger partial charge in [0.25, 0.3) is 0 Å². The third kappa shape index (κ3) is 6.23. The van der Waals surface area contributed by atoms with Crippen molar-refractivity contribution in [2.75, 3.05) is 34.4 Å². The lowest BCUT2D eigenvalue weighted by atomic mass is 9.91. The van der Waals surface area contributed by atoms with Gasteiger partial charge in [0, 0.05) is 64.5 Å². The van der Waals surface area contributed by atoms with Crippen LogP contribution in [0.1, 0.15) is 37.1 Å². The molecule has 228 valence electrons. The number of aryl methyl sites for hydroxylation is 2. The summed E-state index contributed by atoms with van der Waals surface area (Å²) < 4.78 is 3.90. The second kappa shape index (κ2) is 12.1. The molecule has 0 unspecified atom stereocenters. The fourth-order valence-corrected chi connectivity index (χ4v) is 5.64. The summed E-state index contributed by atoms with van der Waals surface area (Å²) in [6.45, 7) is 1.37. The van der Waals surface area contributed by atoms with Crippen LogP contribution in [-0.4, -0.2) is 79.2 Å². The Morgan fingerprint density at radius 1 is 0.750 bits per heavy atom. The number of imidazole rings is 4. The Hall–Kier alpha value is -5.28. The van der Waals surface area contributed by atoms with E-state index in [0.29, 0.717) is 30.6 Å². The predicted molar refractivity (Wildman–Crippen MR) is 166 cm³/mol. The summed E-state index contributed by atoms with van der Waals surface area (Å²) in [6, 6.07) is 0.570. The first-order chi connectivity index (χ1) is 21.6. The van der Waals surface area contributed by atoms with Gasteiger partial charge in [0.05, 0.1) is 30.4 Å². The highest BCUT2D eigenvalue weighted by Crippen LogP contribution is 2.28. The highest BCUT2D eigenvalue weighted by atomic mass is 15.2. The third-order valence-electron chi connectivity index (χ3n) is 7.87. The van der Waals surface area contributed by atoms with Gasteiger partial charge in [0.2, 0.25) is 11.5 Å². The first-order valence-corrected chi connectivity index (χ1v) is 15.0. The van der Waals surface area contributed by atoms with E-state index >= 15 is 0 Å². The Morgan fingerprint density at radius 2 is 1.34 bits per heavy atom. The molecule has 0 aliphatic heterocycles. The van der Waals surface area contributed by atoms with Crippen molar-refractivity contribution in [2.24, 2.45) is 14.1 Å². The van der Waals surface area contributed by atoms with Crippen molar-refractivity contribution < 1.29 is 4.98 Å². The molecule has 1 aliphatic rings. The smallest absolute Gasteiger partial charge is 0.307 e. The van der Waals surface area contributed by atoms with E-state index in [4.69, 9.17) is 9.97 Å². The van der Waals surface area contributed by atoms with Gasteiger partial charge in [0.15, 0.2) is 23.6 Å². The molecule has 44 heavy (non-hydrogen) atoms. The van der Waals surface area contributed by atoms with Gasteiger partial charge in [-0.25, -0.2) is 19.9 Å². The number of aromatic nitrogens is 12. The molecule has 0 amide bonds. The lowest BCUT2D eigenvalue weighted by Gasteiger charge is -2.30. The zero-order valence-electron chi connectivity index (χ0n) is 24.8. The van der Waals surface area contributed by atoms with Crippen LogP contribution in [0.5, 0.6) is 0 Å². The van der Waals surface area contributed by atoms with Gasteiger partial charge in [0.1, 0.15) is 5.52 Å². The second-order valence-electron chi connectivity index (χ2n) is 11.3. The molecule has 0 atom stereocenters. The van der Waals surface area contributed by atoms with E-state index in [1.165, 1.54) is 0 Å². The van der Waals surface area contributed by atoms with Crippen LogP contribution in [0.2, 0.25) is 0 Å². The van der Waals surface area contributed by atoms with Gasteiger partial charge in [-0.15, -0.1) is 0 Å². The molecule has 6 heterocycles. The van der Waals surface area contributed by atoms with E-state index in [1.54, 1.807) is 12.7 Å². The molecule has 0 aromatic carbocycles. The van der Waals surface area contributed by atoms with E-state index in [0.717, 1.165) is 78.2 Å². The Labute approximate surface area is 253 Å². The number of rotatable bonds is 12. The zero-order chi connectivity index (χ0) is 29.9. The van der Waals surface area contributed by atoms with Crippen LogP contribution in [0.15, 0.2) is 37.7 Å². The Balaban J connectivity index is 0.957. The first kappa shape index (κ1) is 27.5. The van der Waals surface area contributed by atoms with E-state index in [2.05, 4.69) is 61.1 Å². The predicted octanol–water partition coefficient (Wildman–Crippen LogP) is 2.05. The minimum absolute atomic E-state index is 0.281. The van der Waals surface area contributed by atoms with Crippen LogP contribution >= 0.6 is 0 Å². The number of nitrogens with one attached hydrogen (secondary N) is 7. The molecule has 1 saturated carbocycles. The summed E-state index contributed by atoms with van der Waals surface area (Å²) in [6.07, 6.45) is 16.6. The highest BCUT2D eigenvalue weighted by molar-refractivity contribution is 5.84. The van der Waals surface area contributed by atoms with E-state index < -0.39 is 0 Å². The average molecular weight is 598 g/mol. The minimum Gasteiger partial charge on any atom is -0.365 e. The van der Waals surface area contributed by atoms with E-state index in [1.807, 2.05) is 48.3 Å². The Morgan fingerprint density at radius 3 is 1.93 bits per heavy atom. The molecule has 0 saturated heterocycles. The third-order valence-corrected chi connectivity index (χ3v) is 7.87. The largest absolute Gasteiger partial charge is 0.365 e. The van der Waals surface area contributed by atoms with Gasteiger partial charge < -0.3 is 35.4 Å². The summed E-state index contributed by atoms with van der Waals surface area (Å²) in [5, 5.41) is 14.0. The summed E-state index contributed by atoms with van der Waals surface area (Å²) in [4.78, 5) is 41.6. The van der Waals surface area contributed by atoms with Crippen LogP contribution < -0.4 is 26.3 Å². The molecule has 6 aromatic rings. The normalized spacial score (nSPS) is 16.9. The van der Waals surface area contributed by atoms with Crippen molar-refractivity contribution in [1.82, 2.24) is 54.0 Å². The van der Waals surface area contributed by atoms with Crippen molar-refractivity contribution >= 4 is 45.9 Å². The number of hydrogen-bond acceptors (Lipinski definition) is 11. The molecular formula is C28H37N16+. The number of anilines is 4. The first-order valence-electron chi connectivity index (χ1n) is 15.0. The fraction of sp³-hybridized carbons (Fsp3) is 0.429. The van der Waals surface area contributed by atoms with Crippen molar-refractivity contribution in [1.29, 1.82) is 0 Å². The number of hydrogen-bond donors (Lipinski definition) is 6. The van der Waals surface area contributed by atoms with Crippen LogP contribution in [0.4, 0.5) is 23.5 Å². The lowest BCUT2D eigenvalue weighted by Crippen LogP contribution is -2.33. The number of aromatic amines is 3. The summed E-state index contributed by atoms with van der Waals surface area (Å²) >= 11 is 0. The summed E-state index contributed by atoms with van der Waals surface area (Å²) in [5.74, 6) is 2.70. The van der Waals surface area contributed by atoms with Crippen molar-refractivity contribution in [3.05, 3.63) is 49.1 Å². The summed E-state index contributed by atoms with van der Waals surface area (Å²) in [5.41, 5.74) is 5.13. The minimum atomic E-state index is 0.281. The Bertz CT molecular complexity index is 1700. The monoisotopic (exact) mass is 597 g/mol. The molecule has 6 aromatic heterocycles. The number of nitrogens with zero attached hydrogens (tertiary/aromatic N) is 9. The molecule has 1 aliphatic carbocycles. The molecule has 7 N–H and O–H groups in total. The highest BCUT2D eigenvalue weighted by Gasteiger charge is 2.25. The SMILES string of the molecule is Cn1cnc(CCNc2nc(NC3CCC(Nc4nc(NCCc5cn(C)cn5)nc5[nH+]c[nH]c45)CC3)c3[nH]cnc3n2)c1. The van der Waals surface area contributed by atoms with E-state index in [-0.39, 0.29) is 12.1 Å². The maximum Gasteiger partial charge on any atom is 0.307 e. The maximum atomic E-state index is 4.81. The van der Waals surface area contributed by atoms with Crippen LogP contribution in [0.25, 0.3) is 22.3 Å². The second-order valence-corrected chi connectivity index (χ2v) is 11.3. The van der Waals surface area contributed by atoms with Crippen molar-refractivity contribution in [3.8, 4) is 0 Å². The van der Waals surface area contributed by atoms with Crippen LogP contribution in [0.3, 0.4) is 0 Å². The van der Waals surface area contributed by atoms with Crippen LogP contribution in [0, 0.1) is 0 Å². The molecule has 0 spiro atoms. The van der Waals surface area contributed by atoms with Gasteiger partial charge in [-0.3, -0.25) is 4.98 Å². The number of fused-ring (bicyclic) bond motifs is 2. The molecule has 0 bridgehead atoms. The fourth-order valence-electron chi connectivity index (χ4n) is 5.64. The van der Waals surface area contributed by atoms with Crippen molar-refractivity contribution in [3.63, 3.8) is 0 Å². The van der Waals surface area contributed by atoms with Gasteiger partial charge >= 0.3 is 11.6 Å². The van der Waals surface area contributed by atoms with Crippen molar-refractivity contribution in [2.45, 2.75) is 50.6 Å². The Kier molecular flexibility index (Phi) is 7.60. The molecular weight excluding hydrogens is 560 g/mol. The maximum absolute atomic E-state index is 4.81. The molecule has 16 nitrogen and oxygen atoms in total. The quantitative estimate of drug-likeness (QED) is 0.121. The summed E-state index contributed by atoms with van der Waals surface area (Å²) in [7, 11) is 3.94. The topological polar surface area (TPSA) is 194 Å². The average Bonchev–Trinajstić information content (AvgIpc) is 3.83. The van der Waals surface area contributed by atoms with Gasteiger partial charge in [-0.2, -0.15) is 15.0 Å². The molecule has 1 fully saturated rings. The van der Waals surface area contributed by atoms with Gasteiger partial charge in [-0.1, -0.05) is 4.98 Å². The van der Waals surface area contributed by atoms with E-state index in [9.17, 15) is 0 Å². The molecule has 0 radical (unpaired) electrons. The molecule has 16 heteroatoms.